The number of hydrogen-bond acceptors (Lipinski definition) is 5. The highest BCUT2D eigenvalue weighted by Gasteiger charge is 2.45. The highest BCUT2D eigenvalue weighted by Crippen LogP contribution is 2.34. The van der Waals surface area contributed by atoms with Gasteiger partial charge in [0, 0.05) is 31.6 Å². The first kappa shape index (κ1) is 16.4. The number of aromatic nitrogens is 3. The van der Waals surface area contributed by atoms with Crippen molar-refractivity contribution in [2.24, 2.45) is 11.7 Å². The molecule has 2 aromatic rings. The van der Waals surface area contributed by atoms with Crippen LogP contribution in [0.4, 0.5) is 0 Å². The summed E-state index contributed by atoms with van der Waals surface area (Å²) in [5.41, 5.74) is 6.74. The summed E-state index contributed by atoms with van der Waals surface area (Å²) in [4.78, 5) is 18.3. The summed E-state index contributed by atoms with van der Waals surface area (Å²) in [6.07, 6.45) is 4.09. The minimum absolute atomic E-state index is 0.0633. The second-order valence-corrected chi connectivity index (χ2v) is 6.61. The average molecular weight is 355 g/mol. The van der Waals surface area contributed by atoms with Gasteiger partial charge in [-0.25, -0.2) is 0 Å². The highest BCUT2D eigenvalue weighted by atomic mass is 16.5. The second kappa shape index (κ2) is 6.32. The fourth-order valence-corrected chi connectivity index (χ4v) is 3.73. The maximum atomic E-state index is 13.2. The van der Waals surface area contributed by atoms with Crippen molar-refractivity contribution in [2.45, 2.75) is 12.5 Å². The number of ether oxygens (including phenoxy) is 1. The highest BCUT2D eigenvalue weighted by molar-refractivity contribution is 5.98. The summed E-state index contributed by atoms with van der Waals surface area (Å²) in [6, 6.07) is 5.35. The summed E-state index contributed by atoms with van der Waals surface area (Å²) < 4.78 is 5.28. The number of guanidine groups is 1. The molecule has 9 nitrogen and oxygen atoms in total. The van der Waals surface area contributed by atoms with Gasteiger partial charge in [0.1, 0.15) is 11.4 Å². The number of carbonyl (C=O) groups is 1. The lowest BCUT2D eigenvalue weighted by Gasteiger charge is -2.53. The molecule has 3 heterocycles. The molecule has 2 aliphatic heterocycles. The van der Waals surface area contributed by atoms with E-state index in [0.29, 0.717) is 29.5 Å². The Morgan fingerprint density at radius 2 is 2.08 bits per heavy atom. The Kier molecular flexibility index (Phi) is 3.98. The third kappa shape index (κ3) is 2.65. The van der Waals surface area contributed by atoms with Crippen LogP contribution in [0.15, 0.2) is 30.6 Å². The predicted octanol–water partition coefficient (Wildman–Crippen LogP) is 0.316. The van der Waals surface area contributed by atoms with E-state index in [0.717, 1.165) is 19.5 Å². The summed E-state index contributed by atoms with van der Waals surface area (Å²) in [5.74, 6) is 1.11. The van der Waals surface area contributed by atoms with Crippen LogP contribution in [0.3, 0.4) is 0 Å². The third-order valence-corrected chi connectivity index (χ3v) is 5.22. The quantitative estimate of drug-likeness (QED) is 0.605. The molecule has 2 atom stereocenters. The molecule has 4 rings (SSSR count). The molecule has 136 valence electrons. The Hall–Kier alpha value is -3.10. The van der Waals surface area contributed by atoms with Crippen LogP contribution in [0.1, 0.15) is 16.8 Å². The second-order valence-electron chi connectivity index (χ2n) is 6.61. The Morgan fingerprint density at radius 1 is 1.31 bits per heavy atom. The molecule has 1 aromatic carbocycles. The van der Waals surface area contributed by atoms with Gasteiger partial charge in [0.25, 0.3) is 5.91 Å². The van der Waals surface area contributed by atoms with Crippen LogP contribution in [0.25, 0.3) is 5.69 Å². The molecule has 3 N–H and O–H groups in total. The maximum Gasteiger partial charge on any atom is 0.256 e. The van der Waals surface area contributed by atoms with Crippen LogP contribution in [0, 0.1) is 11.3 Å². The van der Waals surface area contributed by atoms with E-state index >= 15 is 0 Å². The van der Waals surface area contributed by atoms with Crippen LogP contribution < -0.4 is 10.5 Å². The monoisotopic (exact) mass is 355 g/mol. The smallest absolute Gasteiger partial charge is 0.256 e. The zero-order chi connectivity index (χ0) is 18.3. The SMILES string of the molecule is COc1ccc(C(=O)N2C[C@H]3CCN(C(=N)N)C[C@H]32)c(-n2nccn2)c1. The zero-order valence-electron chi connectivity index (χ0n) is 14.5. The normalized spacial score (nSPS) is 21.7. The first-order valence-electron chi connectivity index (χ1n) is 8.53. The van der Waals surface area contributed by atoms with Gasteiger partial charge in [0.15, 0.2) is 5.96 Å². The van der Waals surface area contributed by atoms with Gasteiger partial charge in [-0.15, -0.1) is 0 Å². The molecule has 0 radical (unpaired) electrons. The van der Waals surface area contributed by atoms with Gasteiger partial charge in [0.2, 0.25) is 0 Å². The summed E-state index contributed by atoms with van der Waals surface area (Å²) in [5, 5.41) is 15.9. The fraction of sp³-hybridized carbons (Fsp3) is 0.412. The maximum absolute atomic E-state index is 13.2. The van der Waals surface area contributed by atoms with E-state index in [2.05, 4.69) is 10.2 Å². The Labute approximate surface area is 150 Å². The molecule has 0 bridgehead atoms. The van der Waals surface area contributed by atoms with Crippen molar-refractivity contribution in [3.63, 3.8) is 0 Å². The van der Waals surface area contributed by atoms with Gasteiger partial charge in [-0.05, 0) is 18.6 Å². The molecule has 9 heteroatoms. The number of carbonyl (C=O) groups excluding carboxylic acids is 1. The van der Waals surface area contributed by atoms with Gasteiger partial charge >= 0.3 is 0 Å². The van der Waals surface area contributed by atoms with E-state index in [9.17, 15) is 4.79 Å². The third-order valence-electron chi connectivity index (χ3n) is 5.22. The molecule has 2 saturated heterocycles. The van der Waals surface area contributed by atoms with Crippen LogP contribution in [-0.4, -0.2) is 69.4 Å². The van der Waals surface area contributed by atoms with E-state index in [1.165, 1.54) is 4.80 Å². The fourth-order valence-electron chi connectivity index (χ4n) is 3.73. The molecular formula is C17H21N7O2. The van der Waals surface area contributed by atoms with Crippen molar-refractivity contribution in [3.8, 4) is 11.4 Å². The Bertz CT molecular complexity index is 836. The van der Waals surface area contributed by atoms with Crippen molar-refractivity contribution in [1.29, 1.82) is 5.41 Å². The number of likely N-dealkylation sites (tertiary alicyclic amines) is 2. The number of nitrogens with one attached hydrogen (secondary N) is 1. The number of nitrogens with zero attached hydrogens (tertiary/aromatic N) is 5. The molecule has 2 fully saturated rings. The number of piperidine rings is 1. The van der Waals surface area contributed by atoms with E-state index < -0.39 is 0 Å². The lowest BCUT2D eigenvalue weighted by molar-refractivity contribution is -0.0145. The standard InChI is InChI=1S/C17H21N7O2/c1-26-12-2-3-13(14(8-12)24-20-5-6-21-24)16(25)23-9-11-4-7-22(17(18)19)10-15(11)23/h2-3,5-6,8,11,15H,4,7,9-10H2,1H3,(H3,18,19)/t11-,15-/m1/s1. The number of fused-ring (bicyclic) bond motifs is 1. The minimum Gasteiger partial charge on any atom is -0.497 e. The predicted molar refractivity (Wildman–Crippen MR) is 94.3 cm³/mol. The van der Waals surface area contributed by atoms with Crippen molar-refractivity contribution in [3.05, 3.63) is 36.2 Å². The lowest BCUT2D eigenvalue weighted by atomic mass is 9.81. The van der Waals surface area contributed by atoms with Crippen molar-refractivity contribution < 1.29 is 9.53 Å². The number of rotatable bonds is 3. The molecule has 0 aliphatic carbocycles. The number of hydrogen-bond donors (Lipinski definition) is 2. The summed E-state index contributed by atoms with van der Waals surface area (Å²) in [6.45, 7) is 2.12. The Morgan fingerprint density at radius 3 is 2.77 bits per heavy atom. The molecular weight excluding hydrogens is 334 g/mol. The average Bonchev–Trinajstić information content (AvgIpc) is 3.16. The van der Waals surface area contributed by atoms with Crippen molar-refractivity contribution >= 4 is 11.9 Å². The van der Waals surface area contributed by atoms with Crippen LogP contribution in [0.2, 0.25) is 0 Å². The molecule has 1 amide bonds. The molecule has 26 heavy (non-hydrogen) atoms. The van der Waals surface area contributed by atoms with E-state index in [1.54, 1.807) is 37.7 Å². The Balaban J connectivity index is 1.62. The van der Waals surface area contributed by atoms with Crippen LogP contribution in [-0.2, 0) is 0 Å². The van der Waals surface area contributed by atoms with Crippen LogP contribution >= 0.6 is 0 Å². The van der Waals surface area contributed by atoms with E-state index in [-0.39, 0.29) is 17.9 Å². The van der Waals surface area contributed by atoms with Gasteiger partial charge in [-0.3, -0.25) is 10.2 Å². The minimum atomic E-state index is -0.0633. The van der Waals surface area contributed by atoms with E-state index in [1.807, 2.05) is 9.80 Å². The summed E-state index contributed by atoms with van der Waals surface area (Å²) in [7, 11) is 1.58. The summed E-state index contributed by atoms with van der Waals surface area (Å²) >= 11 is 0. The largest absolute Gasteiger partial charge is 0.497 e. The van der Waals surface area contributed by atoms with Crippen molar-refractivity contribution in [2.75, 3.05) is 26.7 Å². The first-order chi connectivity index (χ1) is 12.6. The van der Waals surface area contributed by atoms with Crippen LogP contribution in [0.5, 0.6) is 5.75 Å². The van der Waals surface area contributed by atoms with Gasteiger partial charge in [-0.1, -0.05) is 0 Å². The molecule has 0 unspecified atom stereocenters. The first-order valence-corrected chi connectivity index (χ1v) is 8.53. The van der Waals surface area contributed by atoms with Gasteiger partial charge in [-0.2, -0.15) is 15.0 Å². The van der Waals surface area contributed by atoms with E-state index in [4.69, 9.17) is 15.9 Å². The number of methoxy groups -OCH3 is 1. The van der Waals surface area contributed by atoms with Gasteiger partial charge in [0.05, 0.1) is 31.1 Å². The van der Waals surface area contributed by atoms with Crippen molar-refractivity contribution in [1.82, 2.24) is 24.8 Å². The topological polar surface area (TPSA) is 113 Å². The molecule has 0 spiro atoms. The van der Waals surface area contributed by atoms with Gasteiger partial charge < -0.3 is 20.3 Å². The molecule has 0 saturated carbocycles. The lowest BCUT2D eigenvalue weighted by Crippen LogP contribution is -2.66. The molecule has 1 aromatic heterocycles. The molecule has 2 aliphatic rings. The number of nitrogens with two attached hydrogens (primary N) is 1. The number of benzene rings is 1. The zero-order valence-corrected chi connectivity index (χ0v) is 14.5. The number of amides is 1.